The van der Waals surface area contributed by atoms with Crippen molar-refractivity contribution in [3.63, 3.8) is 0 Å². The van der Waals surface area contributed by atoms with Crippen LogP contribution in [-0.2, 0) is 37.6 Å². The molecule has 1 atom stereocenters. The zero-order chi connectivity index (χ0) is 21.9. The summed E-state index contributed by atoms with van der Waals surface area (Å²) in [6.07, 6.45) is 1.56. The summed E-state index contributed by atoms with van der Waals surface area (Å²) in [6, 6.07) is 12.1. The number of nitrogens with one attached hydrogen (secondary N) is 1. The molecule has 0 saturated heterocycles. The van der Waals surface area contributed by atoms with Crippen LogP contribution < -0.4 is 4.72 Å². The van der Waals surface area contributed by atoms with E-state index in [1.807, 2.05) is 24.3 Å². The van der Waals surface area contributed by atoms with Crippen LogP contribution in [0.1, 0.15) is 17.5 Å². The maximum atomic E-state index is 13.2. The van der Waals surface area contributed by atoms with Crippen LogP contribution in [0.3, 0.4) is 0 Å². The highest BCUT2D eigenvalue weighted by atomic mass is 35.5. The molecule has 0 bridgehead atoms. The van der Waals surface area contributed by atoms with Crippen LogP contribution in [0.25, 0.3) is 0 Å². The zero-order valence-electron chi connectivity index (χ0n) is 16.4. The summed E-state index contributed by atoms with van der Waals surface area (Å²) >= 11 is 5.82. The van der Waals surface area contributed by atoms with Gasteiger partial charge in [0, 0.05) is 24.4 Å². The van der Waals surface area contributed by atoms with Crippen molar-refractivity contribution >= 4 is 37.4 Å². The van der Waals surface area contributed by atoms with Crippen molar-refractivity contribution in [1.82, 2.24) is 9.62 Å². The van der Waals surface area contributed by atoms with Gasteiger partial charge in [-0.2, -0.15) is 4.72 Å². The molecule has 1 aliphatic heterocycles. The molecule has 1 unspecified atom stereocenters. The minimum absolute atomic E-state index is 0.0481. The minimum atomic E-state index is -4.04. The average molecular weight is 471 g/mol. The number of amides is 1. The van der Waals surface area contributed by atoms with Crippen LogP contribution in [0, 0.1) is 0 Å². The van der Waals surface area contributed by atoms with E-state index in [2.05, 4.69) is 4.72 Å². The van der Waals surface area contributed by atoms with Gasteiger partial charge in [-0.1, -0.05) is 35.9 Å². The first-order valence-corrected chi connectivity index (χ1v) is 13.3. The Balaban J connectivity index is 1.83. The summed E-state index contributed by atoms with van der Waals surface area (Å²) in [6.45, 7) is 0.793. The van der Waals surface area contributed by atoms with Gasteiger partial charge in [-0.25, -0.2) is 16.8 Å². The third kappa shape index (κ3) is 5.81. The second kappa shape index (κ2) is 9.05. The van der Waals surface area contributed by atoms with Crippen LogP contribution in [0.2, 0.25) is 5.02 Å². The molecular weight excluding hydrogens is 448 g/mol. The summed E-state index contributed by atoms with van der Waals surface area (Å²) in [5, 5.41) is 0.380. The highest BCUT2D eigenvalue weighted by Gasteiger charge is 2.31. The molecule has 0 aromatic heterocycles. The Labute approximate surface area is 182 Å². The first kappa shape index (κ1) is 22.7. The highest BCUT2D eigenvalue weighted by molar-refractivity contribution is 7.90. The smallest absolute Gasteiger partial charge is 0.241 e. The number of hydrogen-bond donors (Lipinski definition) is 1. The predicted molar refractivity (Wildman–Crippen MR) is 115 cm³/mol. The fourth-order valence-corrected chi connectivity index (χ4v) is 5.35. The molecule has 2 aromatic rings. The fourth-order valence-electron chi connectivity index (χ4n) is 3.34. The summed E-state index contributed by atoms with van der Waals surface area (Å²) in [7, 11) is -7.42. The molecular formula is C20H23ClN2O5S2. The number of sulfonamides is 1. The monoisotopic (exact) mass is 470 g/mol. The molecule has 10 heteroatoms. The van der Waals surface area contributed by atoms with Gasteiger partial charge in [-0.15, -0.1) is 0 Å². The van der Waals surface area contributed by atoms with E-state index in [4.69, 9.17) is 11.6 Å². The molecule has 3 rings (SSSR count). The van der Waals surface area contributed by atoms with Gasteiger partial charge in [0.15, 0.2) is 0 Å². The lowest BCUT2D eigenvalue weighted by molar-refractivity contribution is -0.134. The number of rotatable bonds is 7. The van der Waals surface area contributed by atoms with E-state index in [0.29, 0.717) is 24.5 Å². The Bertz CT molecular complexity index is 1130. The van der Waals surface area contributed by atoms with Gasteiger partial charge in [-0.05, 0) is 48.2 Å². The number of carbonyl (C=O) groups excluding carboxylic acids is 1. The lowest BCUT2D eigenvalue weighted by Gasteiger charge is -2.32. The van der Waals surface area contributed by atoms with Gasteiger partial charge in [0.25, 0.3) is 0 Å². The number of halogens is 1. The first-order chi connectivity index (χ1) is 14.0. The largest absolute Gasteiger partial charge is 0.337 e. The molecule has 1 N–H and O–H groups in total. The SMILES string of the molecule is CS(=O)(=O)CCC(NS(=O)(=O)c1ccc(Cl)cc1)C(=O)N1CCc2ccccc2C1. The van der Waals surface area contributed by atoms with Crippen LogP contribution in [0.15, 0.2) is 53.4 Å². The molecule has 0 aliphatic carbocycles. The maximum Gasteiger partial charge on any atom is 0.241 e. The first-order valence-electron chi connectivity index (χ1n) is 9.36. The van der Waals surface area contributed by atoms with Crippen molar-refractivity contribution in [2.75, 3.05) is 18.6 Å². The van der Waals surface area contributed by atoms with E-state index in [9.17, 15) is 21.6 Å². The van der Waals surface area contributed by atoms with Crippen molar-refractivity contribution in [3.05, 3.63) is 64.7 Å². The minimum Gasteiger partial charge on any atom is -0.337 e. The van der Waals surface area contributed by atoms with Crippen molar-refractivity contribution < 1.29 is 21.6 Å². The molecule has 1 heterocycles. The molecule has 7 nitrogen and oxygen atoms in total. The Hall–Kier alpha value is -1.94. The Morgan fingerprint density at radius 3 is 2.33 bits per heavy atom. The number of sulfone groups is 1. The van der Waals surface area contributed by atoms with E-state index in [1.165, 1.54) is 24.3 Å². The van der Waals surface area contributed by atoms with E-state index >= 15 is 0 Å². The van der Waals surface area contributed by atoms with Gasteiger partial charge in [-0.3, -0.25) is 4.79 Å². The second-order valence-electron chi connectivity index (χ2n) is 7.32. The zero-order valence-corrected chi connectivity index (χ0v) is 18.8. The molecule has 30 heavy (non-hydrogen) atoms. The van der Waals surface area contributed by atoms with Crippen LogP contribution in [-0.4, -0.2) is 52.2 Å². The molecule has 1 aliphatic rings. The van der Waals surface area contributed by atoms with Crippen LogP contribution >= 0.6 is 11.6 Å². The van der Waals surface area contributed by atoms with E-state index in [1.54, 1.807) is 4.90 Å². The predicted octanol–water partition coefficient (Wildman–Crippen LogP) is 2.01. The van der Waals surface area contributed by atoms with E-state index < -0.39 is 31.8 Å². The van der Waals surface area contributed by atoms with Gasteiger partial charge in [0.2, 0.25) is 15.9 Å². The topological polar surface area (TPSA) is 101 Å². The van der Waals surface area contributed by atoms with Crippen LogP contribution in [0.4, 0.5) is 0 Å². The summed E-state index contributed by atoms with van der Waals surface area (Å²) in [5.74, 6) is -0.748. The van der Waals surface area contributed by atoms with Gasteiger partial charge < -0.3 is 4.90 Å². The Morgan fingerprint density at radius 1 is 1.07 bits per heavy atom. The van der Waals surface area contributed by atoms with Crippen LogP contribution in [0.5, 0.6) is 0 Å². The fraction of sp³-hybridized carbons (Fsp3) is 0.350. The van der Waals surface area contributed by atoms with Gasteiger partial charge >= 0.3 is 0 Å². The molecule has 0 fully saturated rings. The quantitative estimate of drug-likeness (QED) is 0.667. The molecule has 0 radical (unpaired) electrons. The Kier molecular flexibility index (Phi) is 6.86. The van der Waals surface area contributed by atoms with E-state index in [0.717, 1.165) is 17.4 Å². The summed E-state index contributed by atoms with van der Waals surface area (Å²) in [5.41, 5.74) is 2.15. The average Bonchev–Trinajstić information content (AvgIpc) is 2.70. The van der Waals surface area contributed by atoms with Crippen molar-refractivity contribution in [2.24, 2.45) is 0 Å². The Morgan fingerprint density at radius 2 is 1.70 bits per heavy atom. The lowest BCUT2D eigenvalue weighted by atomic mass is 9.99. The number of hydrogen-bond acceptors (Lipinski definition) is 5. The van der Waals surface area contributed by atoms with E-state index in [-0.39, 0.29) is 17.1 Å². The van der Waals surface area contributed by atoms with Gasteiger partial charge in [0.05, 0.1) is 10.6 Å². The van der Waals surface area contributed by atoms with Crippen molar-refractivity contribution in [3.8, 4) is 0 Å². The highest BCUT2D eigenvalue weighted by Crippen LogP contribution is 2.21. The summed E-state index contributed by atoms with van der Waals surface area (Å²) in [4.78, 5) is 14.7. The molecule has 1 amide bonds. The second-order valence-corrected chi connectivity index (χ2v) is 11.7. The summed E-state index contributed by atoms with van der Waals surface area (Å²) < 4.78 is 51.3. The molecule has 162 valence electrons. The third-order valence-electron chi connectivity index (χ3n) is 4.94. The molecule has 0 saturated carbocycles. The third-order valence-corrected chi connectivity index (χ3v) is 7.66. The normalized spacial score (nSPS) is 15.5. The number of carbonyl (C=O) groups is 1. The number of nitrogens with zero attached hydrogens (tertiary/aromatic N) is 1. The van der Waals surface area contributed by atoms with Crippen molar-refractivity contribution in [2.45, 2.75) is 30.3 Å². The standard InChI is InChI=1S/C20H23ClN2O5S2/c1-29(25,26)13-11-19(22-30(27,28)18-8-6-17(21)7-9-18)20(24)23-12-10-15-4-2-3-5-16(15)14-23/h2-9,19,22H,10-14H2,1H3. The molecule has 0 spiro atoms. The van der Waals surface area contributed by atoms with Gasteiger partial charge in [0.1, 0.15) is 15.9 Å². The van der Waals surface area contributed by atoms with Crippen molar-refractivity contribution in [1.29, 1.82) is 0 Å². The molecule has 2 aromatic carbocycles. The number of fused-ring (bicyclic) bond motifs is 1. The number of benzene rings is 2. The lowest BCUT2D eigenvalue weighted by Crippen LogP contribution is -2.50. The maximum absolute atomic E-state index is 13.2.